The lowest BCUT2D eigenvalue weighted by molar-refractivity contribution is 0.134. The maximum atomic E-state index is 9.77. The van der Waals surface area contributed by atoms with Crippen molar-refractivity contribution in [3.63, 3.8) is 0 Å². The predicted molar refractivity (Wildman–Crippen MR) is 71.9 cm³/mol. The summed E-state index contributed by atoms with van der Waals surface area (Å²) in [5, 5.41) is 10.4. The number of hydrogen-bond donors (Lipinski definition) is 1. The number of aliphatic hydroxyl groups excluding tert-OH is 1. The van der Waals surface area contributed by atoms with Gasteiger partial charge in [-0.1, -0.05) is 11.6 Å². The molecule has 4 nitrogen and oxygen atoms in total. The summed E-state index contributed by atoms with van der Waals surface area (Å²) in [5.74, 6) is 0.645. The van der Waals surface area contributed by atoms with Crippen molar-refractivity contribution in [3.05, 3.63) is 29.0 Å². The van der Waals surface area contributed by atoms with Crippen LogP contribution in [-0.4, -0.2) is 27.9 Å². The van der Waals surface area contributed by atoms with Gasteiger partial charge in [0, 0.05) is 18.2 Å². The molecule has 1 heterocycles. The zero-order valence-corrected chi connectivity index (χ0v) is 11.3. The molecule has 1 aromatic heterocycles. The summed E-state index contributed by atoms with van der Waals surface area (Å²) >= 11 is 5.95. The van der Waals surface area contributed by atoms with Crippen molar-refractivity contribution < 1.29 is 9.84 Å². The molecule has 0 aliphatic rings. The Morgan fingerprint density at radius 3 is 2.94 bits per heavy atom. The summed E-state index contributed by atoms with van der Waals surface area (Å²) in [6.45, 7) is 5.63. The first-order chi connectivity index (χ1) is 8.63. The highest BCUT2D eigenvalue weighted by Gasteiger charge is 2.14. The number of imidazole rings is 1. The largest absolute Gasteiger partial charge is 0.385 e. The smallest absolute Gasteiger partial charge is 0.138 e. The first kappa shape index (κ1) is 13.3. The molecule has 2 aromatic rings. The van der Waals surface area contributed by atoms with Crippen LogP contribution in [0.3, 0.4) is 0 Å². The van der Waals surface area contributed by atoms with Gasteiger partial charge in [-0.05, 0) is 32.0 Å². The number of hydrogen-bond acceptors (Lipinski definition) is 3. The third kappa shape index (κ3) is 2.66. The van der Waals surface area contributed by atoms with Crippen LogP contribution in [0.25, 0.3) is 11.0 Å². The molecule has 1 aromatic carbocycles. The first-order valence-corrected chi connectivity index (χ1v) is 6.42. The van der Waals surface area contributed by atoms with Crippen molar-refractivity contribution in [1.29, 1.82) is 0 Å². The summed E-state index contributed by atoms with van der Waals surface area (Å²) < 4.78 is 7.34. The van der Waals surface area contributed by atoms with Gasteiger partial charge in [-0.15, -0.1) is 0 Å². The van der Waals surface area contributed by atoms with Crippen LogP contribution >= 0.6 is 11.6 Å². The molecule has 0 spiro atoms. The molecule has 0 aliphatic carbocycles. The van der Waals surface area contributed by atoms with Crippen molar-refractivity contribution in [2.75, 3.05) is 13.2 Å². The first-order valence-electron chi connectivity index (χ1n) is 6.05. The normalized spacial score (nSPS) is 13.1. The Morgan fingerprint density at radius 2 is 2.28 bits per heavy atom. The molecular formula is C13H17ClN2O2. The standard InChI is InChI=1S/C13H17ClN2O2/c1-3-18-7-6-16-12-5-4-10(14)8-11(12)15-13(16)9(2)17/h4-5,8-9,17H,3,6-7H2,1-2H3/t9-/m0/s1. The highest BCUT2D eigenvalue weighted by Crippen LogP contribution is 2.23. The Morgan fingerprint density at radius 1 is 1.50 bits per heavy atom. The Hall–Kier alpha value is -1.10. The lowest BCUT2D eigenvalue weighted by Gasteiger charge is -2.10. The summed E-state index contributed by atoms with van der Waals surface area (Å²) in [5.41, 5.74) is 1.77. The van der Waals surface area contributed by atoms with Crippen LogP contribution in [0.1, 0.15) is 25.8 Å². The minimum absolute atomic E-state index is 0.601. The molecule has 0 saturated carbocycles. The number of aliphatic hydroxyl groups is 1. The maximum Gasteiger partial charge on any atom is 0.138 e. The van der Waals surface area contributed by atoms with Crippen molar-refractivity contribution in [3.8, 4) is 0 Å². The second kappa shape index (κ2) is 5.69. The van der Waals surface area contributed by atoms with Crippen LogP contribution in [0.2, 0.25) is 5.02 Å². The number of halogens is 1. The van der Waals surface area contributed by atoms with E-state index in [4.69, 9.17) is 16.3 Å². The van der Waals surface area contributed by atoms with Crippen LogP contribution in [0.15, 0.2) is 18.2 Å². The number of ether oxygens (including phenoxy) is 1. The molecule has 1 N–H and O–H groups in total. The zero-order valence-electron chi connectivity index (χ0n) is 10.6. The Kier molecular flexibility index (Phi) is 4.22. The monoisotopic (exact) mass is 268 g/mol. The third-order valence-corrected chi connectivity index (χ3v) is 3.01. The molecule has 0 aliphatic heterocycles. The molecule has 2 rings (SSSR count). The molecule has 0 saturated heterocycles. The van der Waals surface area contributed by atoms with Gasteiger partial charge in [-0.3, -0.25) is 0 Å². The highest BCUT2D eigenvalue weighted by atomic mass is 35.5. The molecule has 5 heteroatoms. The van der Waals surface area contributed by atoms with Crippen LogP contribution in [-0.2, 0) is 11.3 Å². The lowest BCUT2D eigenvalue weighted by Crippen LogP contribution is -2.11. The molecule has 1 atom stereocenters. The lowest BCUT2D eigenvalue weighted by atomic mass is 10.3. The average molecular weight is 269 g/mol. The van der Waals surface area contributed by atoms with Crippen molar-refractivity contribution in [2.45, 2.75) is 26.5 Å². The Balaban J connectivity index is 2.42. The molecule has 0 radical (unpaired) electrons. The van der Waals surface area contributed by atoms with E-state index < -0.39 is 6.10 Å². The van der Waals surface area contributed by atoms with E-state index in [1.807, 2.05) is 23.6 Å². The molecule has 0 amide bonds. The van der Waals surface area contributed by atoms with Crippen LogP contribution in [0.5, 0.6) is 0 Å². The van der Waals surface area contributed by atoms with Gasteiger partial charge in [0.1, 0.15) is 11.9 Å². The Bertz CT molecular complexity index is 537. The van der Waals surface area contributed by atoms with Gasteiger partial charge >= 0.3 is 0 Å². The number of fused-ring (bicyclic) bond motifs is 1. The van der Waals surface area contributed by atoms with Gasteiger partial charge in [-0.25, -0.2) is 4.98 Å². The van der Waals surface area contributed by atoms with Gasteiger partial charge in [0.2, 0.25) is 0 Å². The van der Waals surface area contributed by atoms with E-state index in [0.29, 0.717) is 30.6 Å². The van der Waals surface area contributed by atoms with Crippen LogP contribution in [0, 0.1) is 0 Å². The van der Waals surface area contributed by atoms with Gasteiger partial charge in [0.25, 0.3) is 0 Å². The van der Waals surface area contributed by atoms with Gasteiger partial charge in [0.15, 0.2) is 0 Å². The third-order valence-electron chi connectivity index (χ3n) is 2.78. The van der Waals surface area contributed by atoms with Gasteiger partial charge < -0.3 is 14.4 Å². The molecule has 0 fully saturated rings. The fraction of sp³-hybridized carbons (Fsp3) is 0.462. The molecule has 0 bridgehead atoms. The quantitative estimate of drug-likeness (QED) is 0.849. The van der Waals surface area contributed by atoms with Crippen molar-refractivity contribution >= 4 is 22.6 Å². The number of benzene rings is 1. The average Bonchev–Trinajstić information content (AvgIpc) is 2.68. The van der Waals surface area contributed by atoms with Gasteiger partial charge in [0.05, 0.1) is 17.6 Å². The minimum atomic E-state index is -0.613. The van der Waals surface area contributed by atoms with E-state index in [2.05, 4.69) is 4.98 Å². The summed E-state index contributed by atoms with van der Waals surface area (Å²) in [6.07, 6.45) is -0.613. The van der Waals surface area contributed by atoms with E-state index in [9.17, 15) is 5.11 Å². The predicted octanol–water partition coefficient (Wildman–Crippen LogP) is 2.78. The maximum absolute atomic E-state index is 9.77. The van der Waals surface area contributed by atoms with Gasteiger partial charge in [-0.2, -0.15) is 0 Å². The SMILES string of the molecule is CCOCCn1c([C@H](C)O)nc2cc(Cl)ccc21. The van der Waals surface area contributed by atoms with E-state index in [-0.39, 0.29) is 0 Å². The van der Waals surface area contributed by atoms with Crippen LogP contribution < -0.4 is 0 Å². The molecule has 0 unspecified atom stereocenters. The summed E-state index contributed by atoms with van der Waals surface area (Å²) in [6, 6.07) is 5.55. The van der Waals surface area contributed by atoms with E-state index >= 15 is 0 Å². The molecule has 18 heavy (non-hydrogen) atoms. The molecular weight excluding hydrogens is 252 g/mol. The summed E-state index contributed by atoms with van der Waals surface area (Å²) in [4.78, 5) is 4.42. The van der Waals surface area contributed by atoms with E-state index in [1.54, 1.807) is 13.0 Å². The second-order valence-electron chi connectivity index (χ2n) is 4.13. The molecule has 98 valence electrons. The Labute approximate surface area is 111 Å². The second-order valence-corrected chi connectivity index (χ2v) is 4.56. The summed E-state index contributed by atoms with van der Waals surface area (Å²) in [7, 11) is 0. The number of aromatic nitrogens is 2. The van der Waals surface area contributed by atoms with Crippen molar-refractivity contribution in [2.24, 2.45) is 0 Å². The highest BCUT2D eigenvalue weighted by molar-refractivity contribution is 6.31. The fourth-order valence-electron chi connectivity index (χ4n) is 1.98. The van der Waals surface area contributed by atoms with Crippen molar-refractivity contribution in [1.82, 2.24) is 9.55 Å². The van der Waals surface area contributed by atoms with E-state index in [0.717, 1.165) is 11.0 Å². The topological polar surface area (TPSA) is 47.3 Å². The van der Waals surface area contributed by atoms with E-state index in [1.165, 1.54) is 0 Å². The van der Waals surface area contributed by atoms with Crippen LogP contribution in [0.4, 0.5) is 0 Å². The fourth-order valence-corrected chi connectivity index (χ4v) is 2.14. The minimum Gasteiger partial charge on any atom is -0.385 e. The number of nitrogens with zero attached hydrogens (tertiary/aromatic N) is 2. The number of rotatable bonds is 5. The zero-order chi connectivity index (χ0) is 13.1.